The van der Waals surface area contributed by atoms with Gasteiger partial charge < -0.3 is 14.2 Å². The molecule has 0 fully saturated rings. The molecule has 0 bridgehead atoms. The molecular weight excluding hydrogens is 805 g/mol. The van der Waals surface area contributed by atoms with Crippen molar-refractivity contribution in [1.29, 1.82) is 0 Å². The molecular formula is C59H86O6. The molecule has 0 rings (SSSR count). The smallest absolute Gasteiger partial charge is 0.306 e. The molecule has 65 heavy (non-hydrogen) atoms. The summed E-state index contributed by atoms with van der Waals surface area (Å²) in [7, 11) is 0. The molecule has 0 aromatic rings. The predicted molar refractivity (Wildman–Crippen MR) is 278 cm³/mol. The average Bonchev–Trinajstić information content (AvgIpc) is 3.30. The van der Waals surface area contributed by atoms with Crippen LogP contribution in [0.3, 0.4) is 0 Å². The molecule has 0 amide bonds. The summed E-state index contributed by atoms with van der Waals surface area (Å²) in [4.78, 5) is 38.0. The first-order valence-corrected chi connectivity index (χ1v) is 24.8. The fourth-order valence-corrected chi connectivity index (χ4v) is 5.90. The summed E-state index contributed by atoms with van der Waals surface area (Å²) in [5.41, 5.74) is 0. The van der Waals surface area contributed by atoms with Crippen molar-refractivity contribution in [2.45, 2.75) is 168 Å². The molecule has 0 aliphatic heterocycles. The molecule has 6 heteroatoms. The molecule has 1 atom stereocenters. The molecule has 0 aliphatic rings. The SMILES string of the molecule is CC\C=C/C=C\C=C/C=C\C=C/CCCCCC(=O)OC(COC(=O)CCCCC\C=C/C=C/C=C\C=C/C=C\C=C/CC)COC(=O)CCCCCCCCC\C=C/C=C\C=C/CC. The summed E-state index contributed by atoms with van der Waals surface area (Å²) in [5, 5.41) is 0. The highest BCUT2D eigenvalue weighted by atomic mass is 16.6. The molecule has 6 nitrogen and oxygen atoms in total. The van der Waals surface area contributed by atoms with E-state index in [0.29, 0.717) is 19.3 Å². The van der Waals surface area contributed by atoms with E-state index in [9.17, 15) is 14.4 Å². The first-order chi connectivity index (χ1) is 32.0. The van der Waals surface area contributed by atoms with Gasteiger partial charge in [-0.2, -0.15) is 0 Å². The van der Waals surface area contributed by atoms with E-state index >= 15 is 0 Å². The van der Waals surface area contributed by atoms with Gasteiger partial charge in [-0.15, -0.1) is 0 Å². The minimum absolute atomic E-state index is 0.126. The second-order valence-electron chi connectivity index (χ2n) is 15.6. The topological polar surface area (TPSA) is 78.9 Å². The van der Waals surface area contributed by atoms with Crippen molar-refractivity contribution in [3.05, 3.63) is 170 Å². The van der Waals surface area contributed by atoms with Crippen molar-refractivity contribution in [3.63, 3.8) is 0 Å². The van der Waals surface area contributed by atoms with Crippen molar-refractivity contribution in [2.24, 2.45) is 0 Å². The van der Waals surface area contributed by atoms with Crippen LogP contribution < -0.4 is 0 Å². The van der Waals surface area contributed by atoms with Gasteiger partial charge in [0.25, 0.3) is 0 Å². The number of allylic oxidation sites excluding steroid dienone is 28. The molecule has 0 radical (unpaired) electrons. The molecule has 0 aromatic heterocycles. The van der Waals surface area contributed by atoms with E-state index < -0.39 is 6.10 Å². The minimum atomic E-state index is -0.833. The zero-order chi connectivity index (χ0) is 47.2. The van der Waals surface area contributed by atoms with Crippen LogP contribution >= 0.6 is 0 Å². The summed E-state index contributed by atoms with van der Waals surface area (Å²) in [6.45, 7) is 6.09. The molecule has 0 N–H and O–H groups in total. The Balaban J connectivity index is 4.63. The lowest BCUT2D eigenvalue weighted by molar-refractivity contribution is -0.167. The van der Waals surface area contributed by atoms with E-state index in [-0.39, 0.29) is 44.0 Å². The fraction of sp³-hybridized carbons (Fsp3) is 0.475. The first-order valence-electron chi connectivity index (χ1n) is 24.8. The maximum Gasteiger partial charge on any atom is 0.306 e. The quantitative estimate of drug-likeness (QED) is 0.0263. The van der Waals surface area contributed by atoms with Gasteiger partial charge in [-0.3, -0.25) is 14.4 Å². The third kappa shape index (κ3) is 49.6. The highest BCUT2D eigenvalue weighted by molar-refractivity contribution is 5.71. The first kappa shape index (κ1) is 59.8. The van der Waals surface area contributed by atoms with E-state index in [4.69, 9.17) is 14.2 Å². The average molecular weight is 891 g/mol. The summed E-state index contributed by atoms with van der Waals surface area (Å²) in [5.74, 6) is -1.04. The lowest BCUT2D eigenvalue weighted by Gasteiger charge is -2.18. The van der Waals surface area contributed by atoms with Gasteiger partial charge in [0.15, 0.2) is 6.10 Å². The second kappa shape index (κ2) is 51.4. The van der Waals surface area contributed by atoms with Crippen LogP contribution in [-0.2, 0) is 28.6 Å². The monoisotopic (exact) mass is 891 g/mol. The molecule has 0 aliphatic carbocycles. The maximum absolute atomic E-state index is 12.8. The molecule has 1 unspecified atom stereocenters. The maximum atomic E-state index is 12.8. The molecule has 358 valence electrons. The molecule has 0 spiro atoms. The molecule has 0 aromatic carbocycles. The molecule has 0 heterocycles. The summed E-state index contributed by atoms with van der Waals surface area (Å²) >= 11 is 0. The van der Waals surface area contributed by atoms with Crippen LogP contribution in [0, 0.1) is 0 Å². The molecule has 0 saturated carbocycles. The van der Waals surface area contributed by atoms with Crippen molar-refractivity contribution in [2.75, 3.05) is 13.2 Å². The Labute approximate surface area is 396 Å². The third-order valence-corrected chi connectivity index (χ3v) is 9.55. The van der Waals surface area contributed by atoms with Crippen LogP contribution in [-0.4, -0.2) is 37.2 Å². The van der Waals surface area contributed by atoms with Crippen LogP contribution in [0.15, 0.2) is 170 Å². The van der Waals surface area contributed by atoms with Crippen LogP contribution in [0.25, 0.3) is 0 Å². The van der Waals surface area contributed by atoms with Crippen molar-refractivity contribution in [1.82, 2.24) is 0 Å². The van der Waals surface area contributed by atoms with Crippen LogP contribution in [0.2, 0.25) is 0 Å². The second-order valence-corrected chi connectivity index (χ2v) is 15.6. The van der Waals surface area contributed by atoms with E-state index in [1.165, 1.54) is 19.3 Å². The standard InChI is InChI=1S/C59H86O6/c1-4-7-10-13-16-19-22-25-28-29-32-34-37-40-43-46-49-52-58(61)64-55-56(65-59(62)53-50-47-44-41-38-35-31-27-24-21-18-15-12-9-6-3)54-63-57(60)51-48-45-42-39-36-33-30-26-23-20-17-14-11-8-5-2/h7-25,27-29,31-32,34-35,37-38,56H,4-6,26,30,33,36,39-55H2,1-3H3/b10-7-,11-8-,12-9-,16-13-,17-14-,18-15-,22-19-,23-20-,24-21-,28-25-,31-27-,32-29+,37-34-,38-35-. The Morgan fingerprint density at radius 2 is 0.554 bits per heavy atom. The van der Waals surface area contributed by atoms with E-state index in [1.54, 1.807) is 0 Å². The van der Waals surface area contributed by atoms with Gasteiger partial charge in [0, 0.05) is 19.3 Å². The minimum Gasteiger partial charge on any atom is -0.462 e. The fourth-order valence-electron chi connectivity index (χ4n) is 5.90. The number of carbonyl (C=O) groups is 3. The molecule has 0 saturated heterocycles. The van der Waals surface area contributed by atoms with Gasteiger partial charge in [-0.1, -0.05) is 236 Å². The van der Waals surface area contributed by atoms with Crippen molar-refractivity contribution in [3.8, 4) is 0 Å². The van der Waals surface area contributed by atoms with Crippen LogP contribution in [0.1, 0.15) is 162 Å². The summed E-state index contributed by atoms with van der Waals surface area (Å²) < 4.78 is 16.7. The lowest BCUT2D eigenvalue weighted by Crippen LogP contribution is -2.30. The van der Waals surface area contributed by atoms with E-state index in [2.05, 4.69) is 81.5 Å². The predicted octanol–water partition coefficient (Wildman–Crippen LogP) is 16.4. The van der Waals surface area contributed by atoms with Crippen LogP contribution in [0.4, 0.5) is 0 Å². The van der Waals surface area contributed by atoms with Crippen molar-refractivity contribution < 1.29 is 28.6 Å². The van der Waals surface area contributed by atoms with E-state index in [0.717, 1.165) is 89.9 Å². The van der Waals surface area contributed by atoms with Crippen molar-refractivity contribution >= 4 is 17.9 Å². The van der Waals surface area contributed by atoms with Gasteiger partial charge in [0.1, 0.15) is 13.2 Å². The number of rotatable bonds is 41. The Morgan fingerprint density at radius 3 is 0.877 bits per heavy atom. The van der Waals surface area contributed by atoms with Crippen LogP contribution in [0.5, 0.6) is 0 Å². The zero-order valence-electron chi connectivity index (χ0n) is 40.7. The number of esters is 3. The van der Waals surface area contributed by atoms with Gasteiger partial charge >= 0.3 is 17.9 Å². The highest BCUT2D eigenvalue weighted by Gasteiger charge is 2.19. The lowest BCUT2D eigenvalue weighted by atomic mass is 10.1. The summed E-state index contributed by atoms with van der Waals surface area (Å²) in [6.07, 6.45) is 76.1. The number of hydrogen-bond acceptors (Lipinski definition) is 6. The van der Waals surface area contributed by atoms with Gasteiger partial charge in [0.2, 0.25) is 0 Å². The Bertz CT molecular complexity index is 1590. The van der Waals surface area contributed by atoms with Gasteiger partial charge in [-0.25, -0.2) is 0 Å². The number of ether oxygens (including phenoxy) is 3. The number of unbranched alkanes of at least 4 members (excludes halogenated alkanes) is 13. The highest BCUT2D eigenvalue weighted by Crippen LogP contribution is 2.12. The Kier molecular flexibility index (Phi) is 47.3. The number of carbonyl (C=O) groups excluding carboxylic acids is 3. The zero-order valence-corrected chi connectivity index (χ0v) is 40.7. The normalized spacial score (nSPS) is 13.6. The largest absolute Gasteiger partial charge is 0.462 e. The third-order valence-electron chi connectivity index (χ3n) is 9.55. The van der Waals surface area contributed by atoms with E-state index in [1.807, 2.05) is 109 Å². The van der Waals surface area contributed by atoms with Gasteiger partial charge in [0.05, 0.1) is 0 Å². The van der Waals surface area contributed by atoms with Gasteiger partial charge in [-0.05, 0) is 77.0 Å². The summed E-state index contributed by atoms with van der Waals surface area (Å²) in [6, 6.07) is 0. The Hall–Kier alpha value is -5.23. The number of hydrogen-bond donors (Lipinski definition) is 0. The Morgan fingerprint density at radius 1 is 0.308 bits per heavy atom.